The van der Waals surface area contributed by atoms with Crippen molar-refractivity contribution in [2.24, 2.45) is 7.05 Å². The summed E-state index contributed by atoms with van der Waals surface area (Å²) in [5.41, 5.74) is 0. The number of aromatic nitrogens is 5. The molecule has 0 N–H and O–H groups in total. The van der Waals surface area contributed by atoms with Gasteiger partial charge in [-0.2, -0.15) is 4.68 Å². The van der Waals surface area contributed by atoms with Gasteiger partial charge >= 0.3 is 5.82 Å². The lowest BCUT2D eigenvalue weighted by Gasteiger charge is -1.98. The predicted molar refractivity (Wildman–Crippen MR) is 66.8 cm³/mol. The highest BCUT2D eigenvalue weighted by Gasteiger charge is 2.30. The zero-order valence-electron chi connectivity index (χ0n) is 10.4. The second kappa shape index (κ2) is 4.83. The predicted octanol–water partition coefficient (Wildman–Crippen LogP) is 0.204. The summed E-state index contributed by atoms with van der Waals surface area (Å²) in [5.74, 6) is 0.296. The van der Waals surface area contributed by atoms with E-state index in [2.05, 4.69) is 15.3 Å². The van der Waals surface area contributed by atoms with Gasteiger partial charge in [-0.25, -0.2) is 8.42 Å². The molecular formula is C8H9ClN6O4S. The summed E-state index contributed by atoms with van der Waals surface area (Å²) in [6, 6.07) is 0. The van der Waals surface area contributed by atoms with Gasteiger partial charge in [-0.05, 0) is 11.8 Å². The van der Waals surface area contributed by atoms with Gasteiger partial charge in [-0.15, -0.1) is 10.2 Å². The third-order valence-electron chi connectivity index (χ3n) is 2.63. The zero-order valence-corrected chi connectivity index (χ0v) is 12.0. The largest absolute Gasteiger partial charge is 0.410 e. The molecule has 0 fully saturated rings. The summed E-state index contributed by atoms with van der Waals surface area (Å²) in [6.07, 6.45) is 0.991. The molecule has 2 aromatic rings. The Morgan fingerprint density at radius 1 is 1.45 bits per heavy atom. The second-order valence-electron chi connectivity index (χ2n) is 3.93. The van der Waals surface area contributed by atoms with Crippen LogP contribution in [0.3, 0.4) is 0 Å². The summed E-state index contributed by atoms with van der Waals surface area (Å²) in [7, 11) is 2.60. The van der Waals surface area contributed by atoms with Crippen LogP contribution in [0.15, 0.2) is 11.1 Å². The van der Waals surface area contributed by atoms with Crippen molar-refractivity contribution in [2.45, 2.75) is 18.4 Å². The molecule has 0 atom stereocenters. The first-order chi connectivity index (χ1) is 9.20. The molecule has 0 aliphatic rings. The molecule has 0 unspecified atom stereocenters. The molecule has 0 aromatic carbocycles. The van der Waals surface area contributed by atoms with Crippen LogP contribution in [0.1, 0.15) is 11.6 Å². The van der Waals surface area contributed by atoms with Gasteiger partial charge in [0.25, 0.3) is 9.05 Å². The van der Waals surface area contributed by atoms with Gasteiger partial charge in [-0.1, -0.05) is 0 Å². The quantitative estimate of drug-likeness (QED) is 0.447. The molecule has 2 aromatic heterocycles. The standard InChI is InChI=1S/C8H9ClN6O4S/c1-5-10-11-7(13(5)2)4-14-3-6(20(9,18)19)8(12-14)15(16)17/h3H,4H2,1-2H3. The molecule has 0 amide bonds. The summed E-state index contributed by atoms with van der Waals surface area (Å²) in [4.78, 5) is 9.22. The molecule has 2 rings (SSSR count). The maximum atomic E-state index is 11.3. The van der Waals surface area contributed by atoms with Gasteiger partial charge in [0.2, 0.25) is 4.90 Å². The van der Waals surface area contributed by atoms with Crippen LogP contribution in [-0.2, 0) is 22.6 Å². The third kappa shape index (κ3) is 2.63. The summed E-state index contributed by atoms with van der Waals surface area (Å²) < 4.78 is 25.3. The van der Waals surface area contributed by atoms with Gasteiger partial charge < -0.3 is 14.7 Å². The van der Waals surface area contributed by atoms with Crippen molar-refractivity contribution in [3.63, 3.8) is 0 Å². The number of hydrogen-bond acceptors (Lipinski definition) is 7. The molecule has 20 heavy (non-hydrogen) atoms. The van der Waals surface area contributed by atoms with Gasteiger partial charge in [0.15, 0.2) is 5.82 Å². The molecule has 108 valence electrons. The minimum Gasteiger partial charge on any atom is -0.358 e. The molecular weight excluding hydrogens is 312 g/mol. The summed E-state index contributed by atoms with van der Waals surface area (Å²) in [6.45, 7) is 1.77. The number of nitro groups is 1. The highest BCUT2D eigenvalue weighted by atomic mass is 35.7. The van der Waals surface area contributed by atoms with Gasteiger partial charge in [0, 0.05) is 17.7 Å². The van der Waals surface area contributed by atoms with Crippen LogP contribution >= 0.6 is 10.7 Å². The van der Waals surface area contributed by atoms with E-state index in [9.17, 15) is 18.5 Å². The van der Waals surface area contributed by atoms with Crippen LogP contribution in [-0.4, -0.2) is 37.9 Å². The van der Waals surface area contributed by atoms with E-state index in [-0.39, 0.29) is 6.54 Å². The third-order valence-corrected chi connectivity index (χ3v) is 3.94. The molecule has 12 heteroatoms. The van der Waals surface area contributed by atoms with Crippen molar-refractivity contribution in [3.05, 3.63) is 28.0 Å². The minimum absolute atomic E-state index is 0.0323. The van der Waals surface area contributed by atoms with Gasteiger partial charge in [0.1, 0.15) is 12.4 Å². The first-order valence-electron chi connectivity index (χ1n) is 5.21. The van der Waals surface area contributed by atoms with Crippen LogP contribution < -0.4 is 0 Å². The fourth-order valence-corrected chi connectivity index (χ4v) is 2.41. The van der Waals surface area contributed by atoms with Crippen LogP contribution in [0, 0.1) is 17.0 Å². The van der Waals surface area contributed by atoms with Crippen molar-refractivity contribution in [3.8, 4) is 0 Å². The maximum Gasteiger partial charge on any atom is 0.410 e. The molecule has 0 bridgehead atoms. The lowest BCUT2D eigenvalue weighted by atomic mass is 10.5. The number of aryl methyl sites for hydroxylation is 1. The average Bonchev–Trinajstić information content (AvgIpc) is 2.88. The lowest BCUT2D eigenvalue weighted by Crippen LogP contribution is -2.07. The Labute approximate surface area is 117 Å². The van der Waals surface area contributed by atoms with Crippen LogP contribution in [0.5, 0.6) is 0 Å². The zero-order chi connectivity index (χ0) is 15.1. The van der Waals surface area contributed by atoms with Gasteiger partial charge in [-0.3, -0.25) is 0 Å². The van der Waals surface area contributed by atoms with E-state index in [0.717, 1.165) is 10.9 Å². The van der Waals surface area contributed by atoms with Crippen molar-refractivity contribution in [1.82, 2.24) is 24.5 Å². The van der Waals surface area contributed by atoms with Crippen LogP contribution in [0.25, 0.3) is 0 Å². The number of halogens is 1. The van der Waals surface area contributed by atoms with E-state index in [1.807, 2.05) is 0 Å². The molecule has 0 radical (unpaired) electrons. The Hall–Kier alpha value is -2.01. The van der Waals surface area contributed by atoms with Crippen molar-refractivity contribution in [2.75, 3.05) is 0 Å². The Kier molecular flexibility index (Phi) is 3.48. The van der Waals surface area contributed by atoms with Crippen LogP contribution in [0.4, 0.5) is 5.82 Å². The van der Waals surface area contributed by atoms with Crippen molar-refractivity contribution in [1.29, 1.82) is 0 Å². The molecule has 10 nitrogen and oxygen atoms in total. The maximum absolute atomic E-state index is 11.3. The van der Waals surface area contributed by atoms with Crippen molar-refractivity contribution >= 4 is 25.6 Å². The second-order valence-corrected chi connectivity index (χ2v) is 6.47. The normalized spacial score (nSPS) is 11.8. The number of hydrogen-bond donors (Lipinski definition) is 0. The fourth-order valence-electron chi connectivity index (χ4n) is 1.51. The van der Waals surface area contributed by atoms with E-state index >= 15 is 0 Å². The lowest BCUT2D eigenvalue weighted by molar-refractivity contribution is -0.392. The summed E-state index contributed by atoms with van der Waals surface area (Å²) >= 11 is 0. The highest BCUT2D eigenvalue weighted by molar-refractivity contribution is 8.13. The molecule has 0 saturated heterocycles. The van der Waals surface area contributed by atoms with E-state index in [1.54, 1.807) is 18.5 Å². The first kappa shape index (κ1) is 14.4. The Bertz CT molecular complexity index is 779. The van der Waals surface area contributed by atoms with E-state index < -0.39 is 24.7 Å². The SMILES string of the molecule is Cc1nnc(Cn2cc(S(=O)(=O)Cl)c([N+](=O)[O-])n2)n1C. The molecule has 0 aliphatic heterocycles. The van der Waals surface area contributed by atoms with Gasteiger partial charge in [0.05, 0.1) is 11.3 Å². The average molecular weight is 321 g/mol. The van der Waals surface area contributed by atoms with E-state index in [4.69, 9.17) is 10.7 Å². The van der Waals surface area contributed by atoms with E-state index in [1.165, 1.54) is 0 Å². The topological polar surface area (TPSA) is 126 Å². The monoisotopic (exact) mass is 320 g/mol. The molecule has 2 heterocycles. The highest BCUT2D eigenvalue weighted by Crippen LogP contribution is 2.25. The molecule has 0 saturated carbocycles. The Morgan fingerprint density at radius 2 is 2.10 bits per heavy atom. The first-order valence-corrected chi connectivity index (χ1v) is 7.52. The fraction of sp³-hybridized carbons (Fsp3) is 0.375. The number of rotatable bonds is 4. The smallest absolute Gasteiger partial charge is 0.358 e. The van der Waals surface area contributed by atoms with Crippen molar-refractivity contribution < 1.29 is 13.3 Å². The minimum atomic E-state index is -4.25. The molecule has 0 spiro atoms. The Balaban J connectivity index is 2.44. The molecule has 0 aliphatic carbocycles. The van der Waals surface area contributed by atoms with Crippen LogP contribution in [0.2, 0.25) is 0 Å². The number of nitrogens with zero attached hydrogens (tertiary/aromatic N) is 6. The van der Waals surface area contributed by atoms with E-state index in [0.29, 0.717) is 11.6 Å². The summed E-state index contributed by atoms with van der Waals surface area (Å²) in [5, 5.41) is 22.0. The Morgan fingerprint density at radius 3 is 2.50 bits per heavy atom.